The normalized spacial score (nSPS) is 12.5. The zero-order valence-corrected chi connectivity index (χ0v) is 15.9. The van der Waals surface area contributed by atoms with Crippen LogP contribution in [0.2, 0.25) is 0 Å². The van der Waals surface area contributed by atoms with Crippen LogP contribution in [0.15, 0.2) is 30.5 Å². The number of rotatable bonds is 7. The number of unbranched alkanes of at least 4 members (excludes halogenated alkanes) is 1. The van der Waals surface area contributed by atoms with Gasteiger partial charge in [-0.25, -0.2) is 13.4 Å². The molecule has 0 amide bonds. The van der Waals surface area contributed by atoms with E-state index in [4.69, 9.17) is 4.98 Å². The number of sulfone groups is 1. The van der Waals surface area contributed by atoms with Gasteiger partial charge in [0.25, 0.3) is 0 Å². The summed E-state index contributed by atoms with van der Waals surface area (Å²) in [6.07, 6.45) is 4.16. The van der Waals surface area contributed by atoms with Crippen molar-refractivity contribution in [2.75, 3.05) is 5.75 Å². The molecule has 134 valence electrons. The molecule has 3 rings (SSSR count). The zero-order chi connectivity index (χ0) is 18.0. The van der Waals surface area contributed by atoms with Crippen LogP contribution in [0, 0.1) is 0 Å². The van der Waals surface area contributed by atoms with Crippen LogP contribution in [0.25, 0.3) is 21.9 Å². The summed E-state index contributed by atoms with van der Waals surface area (Å²) >= 11 is 0. The van der Waals surface area contributed by atoms with Crippen LogP contribution in [0.1, 0.15) is 39.4 Å². The Bertz CT molecular complexity index is 990. The summed E-state index contributed by atoms with van der Waals surface area (Å²) < 4.78 is 26.2. The number of hydrogen-bond acceptors (Lipinski definition) is 4. The molecule has 0 aliphatic carbocycles. The molecule has 2 heterocycles. The van der Waals surface area contributed by atoms with E-state index < -0.39 is 9.84 Å². The van der Waals surface area contributed by atoms with Crippen LogP contribution >= 0.6 is 0 Å². The fourth-order valence-corrected chi connectivity index (χ4v) is 4.21. The summed E-state index contributed by atoms with van der Waals surface area (Å²) in [5.41, 5.74) is 2.97. The molecule has 0 saturated carbocycles. The van der Waals surface area contributed by atoms with Crippen molar-refractivity contribution in [2.45, 2.75) is 51.8 Å². The number of benzene rings is 1. The minimum absolute atomic E-state index is 0.251. The highest BCUT2D eigenvalue weighted by molar-refractivity contribution is 7.91. The molecule has 0 unspecified atom stereocenters. The Kier molecular flexibility index (Phi) is 5.08. The molecule has 0 spiro atoms. The van der Waals surface area contributed by atoms with Crippen molar-refractivity contribution in [3.63, 3.8) is 0 Å². The van der Waals surface area contributed by atoms with Gasteiger partial charge in [-0.1, -0.05) is 25.1 Å². The lowest BCUT2D eigenvalue weighted by Crippen LogP contribution is -2.18. The standard InChI is InChI=1S/C19H25N3O2S/c1-4-18-21-17-13-20-16-10-6-5-9-15(16)19(17)22(18)11-7-8-12-25(23,24)14(2)3/h5-6,9-10,13-14H,4,7-8,11-12H2,1-3H3. The maximum Gasteiger partial charge on any atom is 0.152 e. The van der Waals surface area contributed by atoms with Gasteiger partial charge in [0.1, 0.15) is 11.3 Å². The van der Waals surface area contributed by atoms with Crippen molar-refractivity contribution in [1.29, 1.82) is 0 Å². The molecule has 6 heteroatoms. The Hall–Kier alpha value is -1.95. The van der Waals surface area contributed by atoms with Gasteiger partial charge in [0.05, 0.1) is 28.2 Å². The van der Waals surface area contributed by atoms with E-state index in [1.54, 1.807) is 13.8 Å². The number of para-hydroxylation sites is 1. The monoisotopic (exact) mass is 359 g/mol. The molecule has 2 aromatic heterocycles. The highest BCUT2D eigenvalue weighted by Crippen LogP contribution is 2.25. The van der Waals surface area contributed by atoms with Gasteiger partial charge in [0.15, 0.2) is 9.84 Å². The van der Waals surface area contributed by atoms with Crippen molar-refractivity contribution in [1.82, 2.24) is 14.5 Å². The van der Waals surface area contributed by atoms with Gasteiger partial charge in [-0.15, -0.1) is 0 Å². The number of fused-ring (bicyclic) bond motifs is 3. The summed E-state index contributed by atoms with van der Waals surface area (Å²) in [6.45, 7) is 6.36. The molecule has 0 atom stereocenters. The Morgan fingerprint density at radius 1 is 1.12 bits per heavy atom. The Balaban J connectivity index is 1.89. The molecule has 0 radical (unpaired) electrons. The van der Waals surface area contributed by atoms with Crippen LogP contribution in [0.3, 0.4) is 0 Å². The first-order valence-corrected chi connectivity index (χ1v) is 10.6. The molecule has 1 aromatic carbocycles. The third kappa shape index (κ3) is 3.54. The zero-order valence-electron chi connectivity index (χ0n) is 15.1. The summed E-state index contributed by atoms with van der Waals surface area (Å²) in [4.78, 5) is 9.21. The predicted molar refractivity (Wildman–Crippen MR) is 103 cm³/mol. The number of aromatic nitrogens is 3. The van der Waals surface area contributed by atoms with Crippen molar-refractivity contribution in [2.24, 2.45) is 0 Å². The summed E-state index contributed by atoms with van der Waals surface area (Å²) in [6, 6.07) is 8.08. The van der Waals surface area contributed by atoms with Crippen molar-refractivity contribution >= 4 is 31.8 Å². The molecule has 0 aliphatic rings. The van der Waals surface area contributed by atoms with E-state index in [0.29, 0.717) is 6.42 Å². The first-order chi connectivity index (χ1) is 11.9. The third-order valence-corrected chi connectivity index (χ3v) is 6.95. The minimum Gasteiger partial charge on any atom is -0.327 e. The maximum atomic E-state index is 12.0. The number of nitrogens with zero attached hydrogens (tertiary/aromatic N) is 3. The average molecular weight is 359 g/mol. The molecule has 3 aromatic rings. The van der Waals surface area contributed by atoms with Crippen molar-refractivity contribution < 1.29 is 8.42 Å². The third-order valence-electron chi connectivity index (χ3n) is 4.65. The average Bonchev–Trinajstić information content (AvgIpc) is 2.96. The first-order valence-electron chi connectivity index (χ1n) is 8.88. The number of imidazole rings is 1. The van der Waals surface area contributed by atoms with Gasteiger partial charge in [0, 0.05) is 18.4 Å². The van der Waals surface area contributed by atoms with Crippen LogP contribution < -0.4 is 0 Å². The Morgan fingerprint density at radius 2 is 1.88 bits per heavy atom. The van der Waals surface area contributed by atoms with E-state index in [1.807, 2.05) is 24.4 Å². The molecule has 0 saturated heterocycles. The van der Waals surface area contributed by atoms with Gasteiger partial charge in [-0.3, -0.25) is 4.98 Å². The van der Waals surface area contributed by atoms with Gasteiger partial charge in [-0.2, -0.15) is 0 Å². The maximum absolute atomic E-state index is 12.0. The lowest BCUT2D eigenvalue weighted by molar-refractivity contribution is 0.574. The molecule has 0 N–H and O–H groups in total. The molecule has 25 heavy (non-hydrogen) atoms. The highest BCUT2D eigenvalue weighted by Gasteiger charge is 2.16. The van der Waals surface area contributed by atoms with E-state index in [2.05, 4.69) is 22.5 Å². The molecule has 0 aliphatic heterocycles. The van der Waals surface area contributed by atoms with Gasteiger partial charge in [0.2, 0.25) is 0 Å². The number of hydrogen-bond donors (Lipinski definition) is 0. The largest absolute Gasteiger partial charge is 0.327 e. The van der Waals surface area contributed by atoms with E-state index in [9.17, 15) is 8.42 Å². The Labute approximate surface area is 149 Å². The van der Waals surface area contributed by atoms with E-state index in [0.717, 1.165) is 47.1 Å². The summed E-state index contributed by atoms with van der Waals surface area (Å²) in [5.74, 6) is 1.28. The second kappa shape index (κ2) is 7.12. The fourth-order valence-electron chi connectivity index (χ4n) is 3.13. The van der Waals surface area contributed by atoms with Crippen LogP contribution in [-0.2, 0) is 22.8 Å². The summed E-state index contributed by atoms with van der Waals surface area (Å²) in [7, 11) is -2.97. The van der Waals surface area contributed by atoms with E-state index >= 15 is 0 Å². The second-order valence-corrected chi connectivity index (χ2v) is 9.34. The lowest BCUT2D eigenvalue weighted by Gasteiger charge is -2.11. The fraction of sp³-hybridized carbons (Fsp3) is 0.474. The van der Waals surface area contributed by atoms with Crippen molar-refractivity contribution in [3.05, 3.63) is 36.3 Å². The minimum atomic E-state index is -2.97. The molecule has 0 fully saturated rings. The lowest BCUT2D eigenvalue weighted by atomic mass is 10.2. The predicted octanol–water partition coefficient (Wildman–Crippen LogP) is 3.75. The number of aryl methyl sites for hydroxylation is 2. The summed E-state index contributed by atoms with van der Waals surface area (Å²) in [5, 5.41) is 0.796. The Morgan fingerprint density at radius 3 is 2.60 bits per heavy atom. The van der Waals surface area contributed by atoms with Crippen LogP contribution in [-0.4, -0.2) is 34.0 Å². The molecule has 5 nitrogen and oxygen atoms in total. The van der Waals surface area contributed by atoms with E-state index in [-0.39, 0.29) is 11.0 Å². The first kappa shape index (κ1) is 17.9. The van der Waals surface area contributed by atoms with Gasteiger partial charge < -0.3 is 4.57 Å². The van der Waals surface area contributed by atoms with Gasteiger partial charge in [-0.05, 0) is 32.8 Å². The molecular weight excluding hydrogens is 334 g/mol. The SMILES string of the molecule is CCc1nc2cnc3ccccc3c2n1CCCCS(=O)(=O)C(C)C. The van der Waals surface area contributed by atoms with E-state index in [1.165, 1.54) is 0 Å². The molecule has 0 bridgehead atoms. The quantitative estimate of drug-likeness (QED) is 0.603. The van der Waals surface area contributed by atoms with Gasteiger partial charge >= 0.3 is 0 Å². The second-order valence-electron chi connectivity index (χ2n) is 6.67. The highest BCUT2D eigenvalue weighted by atomic mass is 32.2. The number of pyridine rings is 1. The van der Waals surface area contributed by atoms with Crippen LogP contribution in [0.5, 0.6) is 0 Å². The van der Waals surface area contributed by atoms with Crippen molar-refractivity contribution in [3.8, 4) is 0 Å². The molecular formula is C19H25N3O2S. The van der Waals surface area contributed by atoms with Crippen LogP contribution in [0.4, 0.5) is 0 Å². The topological polar surface area (TPSA) is 64.8 Å². The smallest absolute Gasteiger partial charge is 0.152 e.